The molecule has 0 spiro atoms. The van der Waals surface area contributed by atoms with Crippen molar-refractivity contribution in [1.82, 2.24) is 0 Å². The first-order valence-corrected chi connectivity index (χ1v) is 5.63. The molecule has 0 radical (unpaired) electrons. The van der Waals surface area contributed by atoms with Gasteiger partial charge >= 0.3 is 0 Å². The van der Waals surface area contributed by atoms with E-state index in [0.717, 1.165) is 5.56 Å². The Kier molecular flexibility index (Phi) is 4.28. The Morgan fingerprint density at radius 1 is 1.28 bits per heavy atom. The van der Waals surface area contributed by atoms with Crippen LogP contribution < -0.4 is 0 Å². The van der Waals surface area contributed by atoms with Crippen LogP contribution in [-0.2, 0) is 11.3 Å². The summed E-state index contributed by atoms with van der Waals surface area (Å²) in [5.41, 5.74) is 1.38. The van der Waals surface area contributed by atoms with Gasteiger partial charge in [-0.25, -0.2) is 0 Å². The van der Waals surface area contributed by atoms with Crippen molar-refractivity contribution in [2.24, 2.45) is 0 Å². The Balaban J connectivity index is 1.85. The summed E-state index contributed by atoms with van der Waals surface area (Å²) in [7, 11) is 0. The fourth-order valence-electron chi connectivity index (χ4n) is 1.64. The van der Waals surface area contributed by atoms with Crippen molar-refractivity contribution in [3.63, 3.8) is 0 Å². The van der Waals surface area contributed by atoms with Crippen LogP contribution in [0.4, 0.5) is 0 Å². The third-order valence-corrected chi connectivity index (χ3v) is 2.54. The van der Waals surface area contributed by atoms with Crippen LogP contribution in [0.5, 0.6) is 0 Å². The maximum Gasteiger partial charge on any atom is 0.153 e. The standard InChI is InChI=1S/C14H14O4/c15-8-12-6-7-18-14(12)13(16)10-17-9-11-4-2-1-3-5-11/h1-8,13,16H,9-10H2/t13-/m0/s1. The van der Waals surface area contributed by atoms with Gasteiger partial charge in [0.15, 0.2) is 6.29 Å². The van der Waals surface area contributed by atoms with Gasteiger partial charge in [-0.3, -0.25) is 4.79 Å². The molecule has 0 aliphatic heterocycles. The molecule has 1 aromatic heterocycles. The van der Waals surface area contributed by atoms with E-state index in [4.69, 9.17) is 9.15 Å². The lowest BCUT2D eigenvalue weighted by atomic mass is 10.2. The van der Waals surface area contributed by atoms with Crippen LogP contribution >= 0.6 is 0 Å². The fraction of sp³-hybridized carbons (Fsp3) is 0.214. The highest BCUT2D eigenvalue weighted by Crippen LogP contribution is 2.18. The second-order valence-corrected chi connectivity index (χ2v) is 3.87. The predicted octanol–water partition coefficient (Wildman–Crippen LogP) is 2.34. The van der Waals surface area contributed by atoms with E-state index in [-0.39, 0.29) is 12.4 Å². The minimum Gasteiger partial charge on any atom is -0.466 e. The molecule has 1 N–H and O–H groups in total. The highest BCUT2D eigenvalue weighted by Gasteiger charge is 2.15. The van der Waals surface area contributed by atoms with Crippen molar-refractivity contribution in [3.05, 3.63) is 59.5 Å². The van der Waals surface area contributed by atoms with E-state index in [1.54, 1.807) is 0 Å². The van der Waals surface area contributed by atoms with Gasteiger partial charge in [-0.2, -0.15) is 0 Å². The quantitative estimate of drug-likeness (QED) is 0.795. The van der Waals surface area contributed by atoms with Crippen LogP contribution in [-0.4, -0.2) is 18.0 Å². The highest BCUT2D eigenvalue weighted by atomic mass is 16.5. The van der Waals surface area contributed by atoms with Crippen LogP contribution in [0.3, 0.4) is 0 Å². The smallest absolute Gasteiger partial charge is 0.153 e. The number of carbonyl (C=O) groups excluding carboxylic acids is 1. The van der Waals surface area contributed by atoms with Gasteiger partial charge in [-0.15, -0.1) is 0 Å². The van der Waals surface area contributed by atoms with Gasteiger partial charge in [0.1, 0.15) is 11.9 Å². The van der Waals surface area contributed by atoms with Gasteiger partial charge in [-0.05, 0) is 11.6 Å². The van der Waals surface area contributed by atoms with Crippen molar-refractivity contribution >= 4 is 6.29 Å². The average Bonchev–Trinajstić information content (AvgIpc) is 2.88. The number of aliphatic hydroxyl groups is 1. The number of hydrogen-bond acceptors (Lipinski definition) is 4. The number of hydrogen-bond donors (Lipinski definition) is 1. The van der Waals surface area contributed by atoms with Crippen molar-refractivity contribution < 1.29 is 19.1 Å². The SMILES string of the molecule is O=Cc1ccoc1[C@@H](O)COCc1ccccc1. The molecule has 0 amide bonds. The van der Waals surface area contributed by atoms with E-state index >= 15 is 0 Å². The molecule has 0 saturated heterocycles. The van der Waals surface area contributed by atoms with Gasteiger partial charge < -0.3 is 14.3 Å². The molecule has 1 atom stereocenters. The number of furan rings is 1. The molecule has 4 nitrogen and oxygen atoms in total. The number of aliphatic hydroxyl groups excluding tert-OH is 1. The molecule has 0 saturated carbocycles. The summed E-state index contributed by atoms with van der Waals surface area (Å²) in [6.07, 6.45) is 1.10. The number of rotatable bonds is 6. The molecule has 4 heteroatoms. The average molecular weight is 246 g/mol. The van der Waals surface area contributed by atoms with Crippen LogP contribution in [0.1, 0.15) is 27.8 Å². The Labute approximate surface area is 105 Å². The van der Waals surface area contributed by atoms with Gasteiger partial charge in [0.25, 0.3) is 0 Å². The largest absolute Gasteiger partial charge is 0.466 e. The van der Waals surface area contributed by atoms with Crippen LogP contribution in [0.25, 0.3) is 0 Å². The molecular weight excluding hydrogens is 232 g/mol. The Hall–Kier alpha value is -1.91. The molecule has 0 aliphatic carbocycles. The second-order valence-electron chi connectivity index (χ2n) is 3.87. The predicted molar refractivity (Wildman–Crippen MR) is 65.2 cm³/mol. The lowest BCUT2D eigenvalue weighted by Gasteiger charge is -2.09. The summed E-state index contributed by atoms with van der Waals surface area (Å²) in [6.45, 7) is 0.498. The van der Waals surface area contributed by atoms with Crippen molar-refractivity contribution in [3.8, 4) is 0 Å². The lowest BCUT2D eigenvalue weighted by molar-refractivity contribution is 0.0169. The molecule has 18 heavy (non-hydrogen) atoms. The number of aldehydes is 1. The molecule has 1 aromatic carbocycles. The van der Waals surface area contributed by atoms with Crippen LogP contribution in [0, 0.1) is 0 Å². The van der Waals surface area contributed by atoms with E-state index < -0.39 is 6.10 Å². The lowest BCUT2D eigenvalue weighted by Crippen LogP contribution is -2.08. The minimum absolute atomic E-state index is 0.0866. The molecule has 0 fully saturated rings. The van der Waals surface area contributed by atoms with Gasteiger partial charge in [0, 0.05) is 0 Å². The van der Waals surface area contributed by atoms with Crippen molar-refractivity contribution in [2.45, 2.75) is 12.7 Å². The molecule has 0 unspecified atom stereocenters. The van der Waals surface area contributed by atoms with Crippen molar-refractivity contribution in [1.29, 1.82) is 0 Å². The molecular formula is C14H14O4. The zero-order valence-corrected chi connectivity index (χ0v) is 9.78. The highest BCUT2D eigenvalue weighted by molar-refractivity contribution is 5.76. The molecule has 1 heterocycles. The zero-order valence-electron chi connectivity index (χ0n) is 9.78. The van der Waals surface area contributed by atoms with Gasteiger partial charge in [-0.1, -0.05) is 30.3 Å². The molecule has 2 rings (SSSR count). The first-order chi connectivity index (χ1) is 8.81. The van der Waals surface area contributed by atoms with Gasteiger partial charge in [0.2, 0.25) is 0 Å². The molecule has 2 aromatic rings. The Bertz CT molecular complexity index is 490. The summed E-state index contributed by atoms with van der Waals surface area (Å²) in [4.78, 5) is 10.7. The molecule has 94 valence electrons. The Morgan fingerprint density at radius 2 is 2.06 bits per heavy atom. The van der Waals surface area contributed by atoms with Crippen molar-refractivity contribution in [2.75, 3.05) is 6.61 Å². The Morgan fingerprint density at radius 3 is 2.78 bits per heavy atom. The van der Waals surface area contributed by atoms with Crippen LogP contribution in [0.2, 0.25) is 0 Å². The summed E-state index contributed by atoms with van der Waals surface area (Å²) < 4.78 is 10.4. The number of ether oxygens (including phenoxy) is 1. The monoisotopic (exact) mass is 246 g/mol. The third-order valence-electron chi connectivity index (χ3n) is 2.54. The fourth-order valence-corrected chi connectivity index (χ4v) is 1.64. The van der Waals surface area contributed by atoms with E-state index in [1.807, 2.05) is 30.3 Å². The summed E-state index contributed by atoms with van der Waals surface area (Å²) >= 11 is 0. The first kappa shape index (κ1) is 12.5. The van der Waals surface area contributed by atoms with Crippen LogP contribution in [0.15, 0.2) is 47.1 Å². The molecule has 0 aliphatic rings. The second kappa shape index (κ2) is 6.14. The zero-order chi connectivity index (χ0) is 12.8. The summed E-state index contributed by atoms with van der Waals surface area (Å²) in [5.74, 6) is 0.248. The minimum atomic E-state index is -0.927. The number of carbonyl (C=O) groups is 1. The first-order valence-electron chi connectivity index (χ1n) is 5.63. The normalized spacial score (nSPS) is 12.3. The van der Waals surface area contributed by atoms with E-state index in [0.29, 0.717) is 18.5 Å². The van der Waals surface area contributed by atoms with E-state index in [9.17, 15) is 9.90 Å². The summed E-state index contributed by atoms with van der Waals surface area (Å²) in [5, 5.41) is 9.82. The molecule has 0 bridgehead atoms. The third kappa shape index (κ3) is 3.06. The topological polar surface area (TPSA) is 59.7 Å². The van der Waals surface area contributed by atoms with Gasteiger partial charge in [0.05, 0.1) is 25.0 Å². The van der Waals surface area contributed by atoms with E-state index in [2.05, 4.69) is 0 Å². The summed E-state index contributed by atoms with van der Waals surface area (Å²) in [6, 6.07) is 11.2. The maximum atomic E-state index is 10.7. The maximum absolute atomic E-state index is 10.7. The number of benzene rings is 1. The van der Waals surface area contributed by atoms with E-state index in [1.165, 1.54) is 12.3 Å².